The summed E-state index contributed by atoms with van der Waals surface area (Å²) in [6.45, 7) is 4.71. The SMILES string of the molecule is C[N+]1(C)C=Nc2c(CN3CCOCC3)cccc21. The van der Waals surface area contributed by atoms with Gasteiger partial charge in [-0.1, -0.05) is 12.1 Å². The van der Waals surface area contributed by atoms with Crippen LogP contribution in [0.4, 0.5) is 11.4 Å². The van der Waals surface area contributed by atoms with Gasteiger partial charge in [0.05, 0.1) is 27.3 Å². The normalized spacial score (nSPS) is 22.1. The van der Waals surface area contributed by atoms with Crippen LogP contribution < -0.4 is 4.48 Å². The predicted molar refractivity (Wildman–Crippen MR) is 74.3 cm³/mol. The highest BCUT2D eigenvalue weighted by Crippen LogP contribution is 2.38. The molecule has 0 spiro atoms. The zero-order valence-electron chi connectivity index (χ0n) is 11.1. The van der Waals surface area contributed by atoms with Gasteiger partial charge in [0.25, 0.3) is 0 Å². The molecule has 0 amide bonds. The van der Waals surface area contributed by atoms with Gasteiger partial charge < -0.3 is 4.74 Å². The van der Waals surface area contributed by atoms with Gasteiger partial charge in [0.15, 0.2) is 12.0 Å². The highest BCUT2D eigenvalue weighted by molar-refractivity contribution is 5.89. The topological polar surface area (TPSA) is 24.8 Å². The molecule has 2 aliphatic rings. The first kappa shape index (κ1) is 11.8. The number of rotatable bonds is 2. The van der Waals surface area contributed by atoms with Crippen LogP contribution in [0.1, 0.15) is 5.56 Å². The number of fused-ring (bicyclic) bond motifs is 1. The number of morpholine rings is 1. The van der Waals surface area contributed by atoms with Crippen LogP contribution in [-0.2, 0) is 11.3 Å². The van der Waals surface area contributed by atoms with E-state index in [2.05, 4.69) is 42.2 Å². The van der Waals surface area contributed by atoms with Crippen LogP contribution in [0, 0.1) is 0 Å². The van der Waals surface area contributed by atoms with E-state index in [-0.39, 0.29) is 0 Å². The molecule has 18 heavy (non-hydrogen) atoms. The van der Waals surface area contributed by atoms with Crippen LogP contribution in [0.5, 0.6) is 0 Å². The number of para-hydroxylation sites is 1. The molecule has 4 heteroatoms. The second-order valence-corrected chi connectivity index (χ2v) is 5.46. The minimum Gasteiger partial charge on any atom is -0.379 e. The van der Waals surface area contributed by atoms with E-state index in [9.17, 15) is 0 Å². The Morgan fingerprint density at radius 2 is 2.06 bits per heavy atom. The first-order valence-corrected chi connectivity index (χ1v) is 6.48. The molecule has 1 fully saturated rings. The molecule has 0 atom stereocenters. The Labute approximate surface area is 108 Å². The van der Waals surface area contributed by atoms with E-state index in [0.717, 1.165) is 43.0 Å². The van der Waals surface area contributed by atoms with Crippen LogP contribution in [0.2, 0.25) is 0 Å². The molecule has 0 aromatic heterocycles. The van der Waals surface area contributed by atoms with E-state index >= 15 is 0 Å². The molecule has 4 nitrogen and oxygen atoms in total. The van der Waals surface area contributed by atoms with Crippen molar-refractivity contribution in [1.82, 2.24) is 9.38 Å². The maximum atomic E-state index is 5.39. The summed E-state index contributed by atoms with van der Waals surface area (Å²) in [4.78, 5) is 7.04. The molecule has 1 aromatic rings. The molecule has 0 saturated carbocycles. The highest BCUT2D eigenvalue weighted by atomic mass is 16.5. The lowest BCUT2D eigenvalue weighted by molar-refractivity contribution is 0.0342. The Morgan fingerprint density at radius 1 is 1.28 bits per heavy atom. The van der Waals surface area contributed by atoms with Crippen molar-refractivity contribution < 1.29 is 4.74 Å². The van der Waals surface area contributed by atoms with E-state index < -0.39 is 0 Å². The van der Waals surface area contributed by atoms with E-state index in [0.29, 0.717) is 0 Å². The molecule has 0 radical (unpaired) electrons. The maximum absolute atomic E-state index is 5.39. The highest BCUT2D eigenvalue weighted by Gasteiger charge is 2.29. The van der Waals surface area contributed by atoms with Gasteiger partial charge in [0.1, 0.15) is 5.69 Å². The maximum Gasteiger partial charge on any atom is 0.195 e. The van der Waals surface area contributed by atoms with Crippen molar-refractivity contribution in [1.29, 1.82) is 0 Å². The number of benzene rings is 1. The lowest BCUT2D eigenvalue weighted by Crippen LogP contribution is -2.36. The Morgan fingerprint density at radius 3 is 2.83 bits per heavy atom. The number of ether oxygens (including phenoxy) is 1. The van der Waals surface area contributed by atoms with Crippen molar-refractivity contribution in [3.05, 3.63) is 23.8 Å². The van der Waals surface area contributed by atoms with Crippen LogP contribution >= 0.6 is 0 Å². The third-order valence-corrected chi connectivity index (χ3v) is 3.69. The largest absolute Gasteiger partial charge is 0.379 e. The van der Waals surface area contributed by atoms with Gasteiger partial charge in [-0.05, 0) is 5.56 Å². The quantitative estimate of drug-likeness (QED) is 0.743. The summed E-state index contributed by atoms with van der Waals surface area (Å²) in [6.07, 6.45) is 2.01. The molecule has 2 aliphatic heterocycles. The Bertz CT molecular complexity index is 476. The van der Waals surface area contributed by atoms with Crippen molar-refractivity contribution in [2.24, 2.45) is 4.99 Å². The van der Waals surface area contributed by atoms with Crippen LogP contribution in [-0.4, -0.2) is 51.6 Å². The summed E-state index contributed by atoms with van der Waals surface area (Å²) >= 11 is 0. The average Bonchev–Trinajstić information content (AvgIpc) is 2.68. The van der Waals surface area contributed by atoms with Gasteiger partial charge in [-0.2, -0.15) is 4.99 Å². The molecule has 96 valence electrons. The number of quaternary nitrogens is 1. The van der Waals surface area contributed by atoms with Gasteiger partial charge in [0, 0.05) is 25.7 Å². The molecule has 0 aliphatic carbocycles. The molecule has 3 rings (SSSR count). The smallest absolute Gasteiger partial charge is 0.195 e. The van der Waals surface area contributed by atoms with Gasteiger partial charge >= 0.3 is 0 Å². The Kier molecular flexibility index (Phi) is 2.93. The van der Waals surface area contributed by atoms with Crippen molar-refractivity contribution >= 4 is 17.7 Å². The first-order chi connectivity index (χ1) is 8.67. The van der Waals surface area contributed by atoms with Gasteiger partial charge in [-0.3, -0.25) is 9.38 Å². The fourth-order valence-electron chi connectivity index (χ4n) is 2.58. The first-order valence-electron chi connectivity index (χ1n) is 6.48. The second kappa shape index (κ2) is 4.46. The number of aliphatic imine (C=N–C) groups is 1. The molecule has 0 bridgehead atoms. The van der Waals surface area contributed by atoms with Crippen molar-refractivity contribution in [3.63, 3.8) is 0 Å². The molecular formula is C14H20N3O+. The van der Waals surface area contributed by atoms with E-state index in [4.69, 9.17) is 4.74 Å². The number of hydrogen-bond donors (Lipinski definition) is 0. The lowest BCUT2D eigenvalue weighted by Gasteiger charge is -2.27. The zero-order chi connectivity index (χ0) is 12.6. The standard InChI is InChI=1S/C14H20N3O/c1-17(2)11-15-14-12(4-3-5-13(14)17)10-16-6-8-18-9-7-16/h3-5,11H,6-10H2,1-2H3/q+1. The van der Waals surface area contributed by atoms with E-state index in [1.54, 1.807) is 0 Å². The van der Waals surface area contributed by atoms with Gasteiger partial charge in [-0.25, -0.2) is 0 Å². The molecule has 2 heterocycles. The van der Waals surface area contributed by atoms with Crippen LogP contribution in [0.25, 0.3) is 0 Å². The second-order valence-electron chi connectivity index (χ2n) is 5.46. The van der Waals surface area contributed by atoms with E-state index in [1.165, 1.54) is 11.3 Å². The minimum atomic E-state index is 0.742. The Hall–Kier alpha value is -1.23. The summed E-state index contributed by atoms with van der Waals surface area (Å²) in [6, 6.07) is 6.51. The van der Waals surface area contributed by atoms with Gasteiger partial charge in [-0.15, -0.1) is 0 Å². The van der Waals surface area contributed by atoms with Gasteiger partial charge in [0.2, 0.25) is 0 Å². The fraction of sp³-hybridized carbons (Fsp3) is 0.500. The number of nitrogens with zero attached hydrogens (tertiary/aromatic N) is 3. The lowest BCUT2D eigenvalue weighted by atomic mass is 10.1. The average molecular weight is 246 g/mol. The van der Waals surface area contributed by atoms with Crippen LogP contribution in [0.15, 0.2) is 23.2 Å². The fourth-order valence-corrected chi connectivity index (χ4v) is 2.58. The molecular weight excluding hydrogens is 226 g/mol. The summed E-state index contributed by atoms with van der Waals surface area (Å²) < 4.78 is 6.13. The molecule has 0 N–H and O–H groups in total. The third kappa shape index (κ3) is 2.07. The zero-order valence-corrected chi connectivity index (χ0v) is 11.1. The molecule has 1 aromatic carbocycles. The van der Waals surface area contributed by atoms with Crippen molar-refractivity contribution in [3.8, 4) is 0 Å². The van der Waals surface area contributed by atoms with Crippen molar-refractivity contribution in [2.75, 3.05) is 40.4 Å². The predicted octanol–water partition coefficient (Wildman–Crippen LogP) is 1.76. The van der Waals surface area contributed by atoms with Crippen LogP contribution in [0.3, 0.4) is 0 Å². The minimum absolute atomic E-state index is 0.742. The summed E-state index contributed by atoms with van der Waals surface area (Å²) in [5, 5.41) is 0. The number of hydrogen-bond acceptors (Lipinski definition) is 3. The third-order valence-electron chi connectivity index (χ3n) is 3.69. The molecule has 0 unspecified atom stereocenters. The monoisotopic (exact) mass is 246 g/mol. The van der Waals surface area contributed by atoms with Crippen molar-refractivity contribution in [2.45, 2.75) is 6.54 Å². The summed E-state index contributed by atoms with van der Waals surface area (Å²) in [7, 11) is 4.32. The summed E-state index contributed by atoms with van der Waals surface area (Å²) in [5.74, 6) is 0. The summed E-state index contributed by atoms with van der Waals surface area (Å²) in [5.41, 5.74) is 3.78. The molecule has 1 saturated heterocycles. The van der Waals surface area contributed by atoms with E-state index in [1.807, 2.05) is 6.34 Å². The Balaban J connectivity index is 1.85.